The van der Waals surface area contributed by atoms with E-state index >= 15 is 0 Å². The predicted octanol–water partition coefficient (Wildman–Crippen LogP) is 3.54. The minimum Gasteiger partial charge on any atom is -0.339 e. The SMILES string of the molecule is CC1CC(CN)CN1C(=O)C1CC=CCC1c1nc2ccccc2s1. The summed E-state index contributed by atoms with van der Waals surface area (Å²) in [5.74, 6) is 0.930. The molecule has 1 aliphatic heterocycles. The highest BCUT2D eigenvalue weighted by Gasteiger charge is 2.39. The van der Waals surface area contributed by atoms with Crippen LogP contribution < -0.4 is 5.73 Å². The Bertz CT molecular complexity index is 766. The molecule has 25 heavy (non-hydrogen) atoms. The third-order valence-electron chi connectivity index (χ3n) is 5.66. The molecule has 1 aromatic carbocycles. The van der Waals surface area contributed by atoms with Gasteiger partial charge in [-0.1, -0.05) is 24.3 Å². The molecule has 2 heterocycles. The summed E-state index contributed by atoms with van der Waals surface area (Å²) in [4.78, 5) is 20.2. The number of nitrogens with two attached hydrogens (primary N) is 1. The van der Waals surface area contributed by atoms with Crippen LogP contribution in [0.15, 0.2) is 36.4 Å². The summed E-state index contributed by atoms with van der Waals surface area (Å²) in [5.41, 5.74) is 6.88. The maximum absolute atomic E-state index is 13.3. The molecular weight excluding hydrogens is 330 g/mol. The van der Waals surface area contributed by atoms with Crippen LogP contribution in [0.25, 0.3) is 10.2 Å². The van der Waals surface area contributed by atoms with E-state index in [1.165, 1.54) is 4.70 Å². The number of allylic oxidation sites excluding steroid dienone is 2. The Morgan fingerprint density at radius 2 is 2.12 bits per heavy atom. The van der Waals surface area contributed by atoms with E-state index in [1.807, 2.05) is 12.1 Å². The Morgan fingerprint density at radius 3 is 2.88 bits per heavy atom. The first kappa shape index (κ1) is 16.7. The van der Waals surface area contributed by atoms with E-state index in [4.69, 9.17) is 10.7 Å². The van der Waals surface area contributed by atoms with Crippen molar-refractivity contribution >= 4 is 27.5 Å². The van der Waals surface area contributed by atoms with Gasteiger partial charge in [-0.25, -0.2) is 4.98 Å². The van der Waals surface area contributed by atoms with E-state index in [2.05, 4.69) is 36.1 Å². The molecule has 1 aliphatic carbocycles. The number of para-hydroxylation sites is 1. The summed E-state index contributed by atoms with van der Waals surface area (Å²) in [6, 6.07) is 8.53. The van der Waals surface area contributed by atoms with Gasteiger partial charge in [-0.15, -0.1) is 11.3 Å². The maximum atomic E-state index is 13.3. The van der Waals surface area contributed by atoms with Crippen molar-refractivity contribution in [3.63, 3.8) is 0 Å². The summed E-state index contributed by atoms with van der Waals surface area (Å²) in [5, 5.41) is 1.10. The molecule has 1 saturated heterocycles. The zero-order valence-electron chi connectivity index (χ0n) is 14.6. The van der Waals surface area contributed by atoms with E-state index in [-0.39, 0.29) is 17.7 Å². The second-order valence-electron chi connectivity index (χ2n) is 7.35. The molecule has 2 aliphatic rings. The Kier molecular flexibility index (Phi) is 4.61. The second-order valence-corrected chi connectivity index (χ2v) is 8.41. The number of carbonyl (C=O) groups excluding carboxylic acids is 1. The average molecular weight is 356 g/mol. The van der Waals surface area contributed by atoms with Crippen molar-refractivity contribution in [2.75, 3.05) is 13.1 Å². The number of hydrogen-bond acceptors (Lipinski definition) is 4. The molecule has 2 aromatic rings. The lowest BCUT2D eigenvalue weighted by Crippen LogP contribution is -2.41. The van der Waals surface area contributed by atoms with Crippen LogP contribution in [0.3, 0.4) is 0 Å². The van der Waals surface area contributed by atoms with Gasteiger partial charge in [0.2, 0.25) is 5.91 Å². The van der Waals surface area contributed by atoms with Gasteiger partial charge in [0.25, 0.3) is 0 Å². The van der Waals surface area contributed by atoms with Gasteiger partial charge in [0.1, 0.15) is 0 Å². The molecule has 2 N–H and O–H groups in total. The highest BCUT2D eigenvalue weighted by molar-refractivity contribution is 7.18. The van der Waals surface area contributed by atoms with Crippen LogP contribution in [0.2, 0.25) is 0 Å². The molecular formula is C20H25N3OS. The molecule has 0 saturated carbocycles. The van der Waals surface area contributed by atoms with E-state index in [0.29, 0.717) is 18.5 Å². The van der Waals surface area contributed by atoms with Crippen molar-refractivity contribution < 1.29 is 4.79 Å². The molecule has 0 radical (unpaired) electrons. The third-order valence-corrected chi connectivity index (χ3v) is 6.82. The van der Waals surface area contributed by atoms with Gasteiger partial charge < -0.3 is 10.6 Å². The van der Waals surface area contributed by atoms with Crippen LogP contribution in [0, 0.1) is 11.8 Å². The van der Waals surface area contributed by atoms with Gasteiger partial charge >= 0.3 is 0 Å². The number of aromatic nitrogens is 1. The monoisotopic (exact) mass is 355 g/mol. The molecule has 1 aromatic heterocycles. The van der Waals surface area contributed by atoms with Crippen LogP contribution in [0.1, 0.15) is 37.1 Å². The lowest BCUT2D eigenvalue weighted by atomic mass is 9.82. The smallest absolute Gasteiger partial charge is 0.226 e. The Labute approximate surface area is 152 Å². The number of likely N-dealkylation sites (tertiary alicyclic amines) is 1. The van der Waals surface area contributed by atoms with Crippen LogP contribution in [-0.4, -0.2) is 34.9 Å². The van der Waals surface area contributed by atoms with E-state index in [1.54, 1.807) is 11.3 Å². The molecule has 132 valence electrons. The van der Waals surface area contributed by atoms with Gasteiger partial charge in [0.15, 0.2) is 0 Å². The minimum absolute atomic E-state index is 0.00420. The minimum atomic E-state index is 0.00420. The first-order valence-corrected chi connectivity index (χ1v) is 10.00. The zero-order chi connectivity index (χ0) is 17.4. The highest BCUT2D eigenvalue weighted by atomic mass is 32.1. The number of benzene rings is 1. The number of thiazole rings is 1. The highest BCUT2D eigenvalue weighted by Crippen LogP contribution is 2.40. The number of nitrogens with zero attached hydrogens (tertiary/aromatic N) is 2. The fraction of sp³-hybridized carbons (Fsp3) is 0.500. The largest absolute Gasteiger partial charge is 0.339 e. The number of amides is 1. The van der Waals surface area contributed by atoms with Crippen LogP contribution >= 0.6 is 11.3 Å². The molecule has 4 rings (SSSR count). The molecule has 4 unspecified atom stereocenters. The Hall–Kier alpha value is -1.72. The molecule has 4 atom stereocenters. The first-order valence-electron chi connectivity index (χ1n) is 9.18. The van der Waals surface area contributed by atoms with E-state index in [9.17, 15) is 4.79 Å². The lowest BCUT2D eigenvalue weighted by Gasteiger charge is -2.32. The van der Waals surface area contributed by atoms with Gasteiger partial charge in [-0.3, -0.25) is 4.79 Å². The summed E-state index contributed by atoms with van der Waals surface area (Å²) in [6.45, 7) is 3.63. The predicted molar refractivity (Wildman–Crippen MR) is 103 cm³/mol. The second kappa shape index (κ2) is 6.89. The average Bonchev–Trinajstić information content (AvgIpc) is 3.24. The quantitative estimate of drug-likeness (QED) is 0.857. The standard InChI is InChI=1S/C20H25N3OS/c1-13-10-14(11-21)12-23(13)20(24)16-7-3-2-6-15(16)19-22-17-8-4-5-9-18(17)25-19/h2-5,8-9,13-16H,6-7,10-12,21H2,1H3. The summed E-state index contributed by atoms with van der Waals surface area (Å²) in [6.07, 6.45) is 7.11. The number of rotatable bonds is 3. The van der Waals surface area contributed by atoms with Crippen molar-refractivity contribution in [1.29, 1.82) is 0 Å². The van der Waals surface area contributed by atoms with Crippen molar-refractivity contribution in [2.45, 2.75) is 38.1 Å². The summed E-state index contributed by atoms with van der Waals surface area (Å²) < 4.78 is 1.20. The van der Waals surface area contributed by atoms with Gasteiger partial charge in [-0.2, -0.15) is 0 Å². The summed E-state index contributed by atoms with van der Waals surface area (Å²) >= 11 is 1.74. The fourth-order valence-corrected chi connectivity index (χ4v) is 5.39. The van der Waals surface area contributed by atoms with E-state index in [0.717, 1.165) is 36.3 Å². The molecule has 0 spiro atoms. The van der Waals surface area contributed by atoms with E-state index < -0.39 is 0 Å². The number of fused-ring (bicyclic) bond motifs is 1. The van der Waals surface area contributed by atoms with Gasteiger partial charge in [0.05, 0.1) is 21.1 Å². The summed E-state index contributed by atoms with van der Waals surface area (Å²) in [7, 11) is 0. The Balaban J connectivity index is 1.61. The molecule has 1 fully saturated rings. The normalized spacial score (nSPS) is 29.4. The lowest BCUT2D eigenvalue weighted by molar-refractivity contribution is -0.137. The molecule has 0 bridgehead atoms. The number of carbonyl (C=O) groups is 1. The van der Waals surface area contributed by atoms with Crippen molar-refractivity contribution in [3.05, 3.63) is 41.4 Å². The van der Waals surface area contributed by atoms with Crippen molar-refractivity contribution in [3.8, 4) is 0 Å². The molecule has 4 nitrogen and oxygen atoms in total. The van der Waals surface area contributed by atoms with Crippen LogP contribution in [-0.2, 0) is 4.79 Å². The van der Waals surface area contributed by atoms with Crippen molar-refractivity contribution in [2.24, 2.45) is 17.6 Å². The zero-order valence-corrected chi connectivity index (χ0v) is 15.4. The molecule has 5 heteroatoms. The van der Waals surface area contributed by atoms with Crippen molar-refractivity contribution in [1.82, 2.24) is 9.88 Å². The number of hydrogen-bond donors (Lipinski definition) is 1. The Morgan fingerprint density at radius 1 is 1.32 bits per heavy atom. The fourth-order valence-electron chi connectivity index (χ4n) is 4.24. The topological polar surface area (TPSA) is 59.2 Å². The molecule has 1 amide bonds. The van der Waals surface area contributed by atoms with Gasteiger partial charge in [0, 0.05) is 18.5 Å². The third kappa shape index (κ3) is 3.11. The van der Waals surface area contributed by atoms with Gasteiger partial charge in [-0.05, 0) is 50.8 Å². The maximum Gasteiger partial charge on any atom is 0.226 e. The van der Waals surface area contributed by atoms with Crippen LogP contribution in [0.5, 0.6) is 0 Å². The van der Waals surface area contributed by atoms with Crippen LogP contribution in [0.4, 0.5) is 0 Å². The first-order chi connectivity index (χ1) is 12.2.